The van der Waals surface area contributed by atoms with Gasteiger partial charge in [0.1, 0.15) is 12.1 Å². The molecule has 1 fully saturated rings. The lowest BCUT2D eigenvalue weighted by Crippen LogP contribution is -2.51. The highest BCUT2D eigenvalue weighted by molar-refractivity contribution is 5.80. The van der Waals surface area contributed by atoms with Crippen LogP contribution in [-0.4, -0.2) is 88.3 Å². The summed E-state index contributed by atoms with van der Waals surface area (Å²) in [5.74, 6) is 0.312. The molecule has 2 aromatic rings. The molecule has 1 atom stereocenters. The SMILES string of the molecule is CN(C)C(=O)C[C@@H]1COCCN1C(=O)COc1cccc(-n2cnnn2)c1. The van der Waals surface area contributed by atoms with Crippen molar-refractivity contribution in [3.8, 4) is 11.4 Å². The molecule has 1 aliphatic rings. The number of hydrogen-bond acceptors (Lipinski definition) is 7. The van der Waals surface area contributed by atoms with Crippen molar-refractivity contribution in [1.82, 2.24) is 30.0 Å². The Kier molecular flexibility index (Phi) is 5.97. The topological polar surface area (TPSA) is 103 Å². The number of amides is 2. The maximum absolute atomic E-state index is 12.6. The smallest absolute Gasteiger partial charge is 0.260 e. The lowest BCUT2D eigenvalue weighted by molar-refractivity contribution is -0.144. The van der Waals surface area contributed by atoms with Crippen LogP contribution in [-0.2, 0) is 14.3 Å². The van der Waals surface area contributed by atoms with E-state index in [9.17, 15) is 9.59 Å². The first-order valence-electron chi connectivity index (χ1n) is 8.58. The molecule has 1 aromatic heterocycles. The molecule has 2 heterocycles. The number of tetrazole rings is 1. The van der Waals surface area contributed by atoms with Crippen molar-refractivity contribution in [2.75, 3.05) is 40.5 Å². The third kappa shape index (κ3) is 4.79. The maximum Gasteiger partial charge on any atom is 0.260 e. The average molecular weight is 374 g/mol. The van der Waals surface area contributed by atoms with Gasteiger partial charge >= 0.3 is 0 Å². The number of rotatable bonds is 6. The van der Waals surface area contributed by atoms with Crippen LogP contribution in [0, 0.1) is 0 Å². The molecule has 0 bridgehead atoms. The lowest BCUT2D eigenvalue weighted by atomic mass is 10.1. The zero-order valence-corrected chi connectivity index (χ0v) is 15.3. The van der Waals surface area contributed by atoms with E-state index in [1.165, 1.54) is 15.9 Å². The summed E-state index contributed by atoms with van der Waals surface area (Å²) in [7, 11) is 3.39. The number of carbonyl (C=O) groups excluding carboxylic acids is 2. The molecule has 10 nitrogen and oxygen atoms in total. The van der Waals surface area contributed by atoms with Crippen LogP contribution in [0.15, 0.2) is 30.6 Å². The first-order valence-corrected chi connectivity index (χ1v) is 8.58. The lowest BCUT2D eigenvalue weighted by Gasteiger charge is -2.35. The summed E-state index contributed by atoms with van der Waals surface area (Å²) in [6, 6.07) is 6.85. The minimum Gasteiger partial charge on any atom is -0.484 e. The fraction of sp³-hybridized carbons (Fsp3) is 0.471. The number of hydrogen-bond donors (Lipinski definition) is 0. The molecule has 1 aromatic carbocycles. The van der Waals surface area contributed by atoms with Gasteiger partial charge in [-0.1, -0.05) is 6.07 Å². The molecule has 10 heteroatoms. The summed E-state index contributed by atoms with van der Waals surface area (Å²) < 4.78 is 12.6. The van der Waals surface area contributed by atoms with E-state index < -0.39 is 0 Å². The van der Waals surface area contributed by atoms with Gasteiger partial charge in [0.15, 0.2) is 6.61 Å². The van der Waals surface area contributed by atoms with Crippen LogP contribution in [0.5, 0.6) is 5.75 Å². The summed E-state index contributed by atoms with van der Waals surface area (Å²) in [5.41, 5.74) is 0.728. The predicted molar refractivity (Wildman–Crippen MR) is 94.3 cm³/mol. The summed E-state index contributed by atoms with van der Waals surface area (Å²) in [4.78, 5) is 27.8. The second kappa shape index (κ2) is 8.58. The van der Waals surface area contributed by atoms with Crippen LogP contribution >= 0.6 is 0 Å². The molecule has 0 N–H and O–H groups in total. The fourth-order valence-electron chi connectivity index (χ4n) is 2.76. The minimum atomic E-state index is -0.280. The number of morpholine rings is 1. The van der Waals surface area contributed by atoms with Gasteiger partial charge in [0, 0.05) is 33.1 Å². The number of carbonyl (C=O) groups is 2. The Morgan fingerprint density at radius 3 is 2.96 bits per heavy atom. The predicted octanol–water partition coefficient (Wildman–Crippen LogP) is -0.253. The van der Waals surface area contributed by atoms with Crippen LogP contribution < -0.4 is 4.74 Å². The molecule has 0 aliphatic carbocycles. The van der Waals surface area contributed by atoms with Gasteiger partial charge in [-0.05, 0) is 22.6 Å². The van der Waals surface area contributed by atoms with E-state index in [1.54, 1.807) is 37.2 Å². The van der Waals surface area contributed by atoms with Crippen molar-refractivity contribution < 1.29 is 19.1 Å². The number of aromatic nitrogens is 4. The van der Waals surface area contributed by atoms with E-state index in [0.717, 1.165) is 5.69 Å². The standard InChI is InChI=1S/C17H22N6O4/c1-21(2)16(24)9-14-10-26-7-6-22(14)17(25)11-27-15-5-3-4-13(8-15)23-12-18-19-20-23/h3-5,8,12,14H,6-7,9-11H2,1-2H3/t14-/m1/s1. The second-order valence-electron chi connectivity index (χ2n) is 6.35. The summed E-state index contributed by atoms with van der Waals surface area (Å²) in [5, 5.41) is 11.0. The van der Waals surface area contributed by atoms with Gasteiger partial charge in [-0.3, -0.25) is 9.59 Å². The van der Waals surface area contributed by atoms with Crippen molar-refractivity contribution in [3.05, 3.63) is 30.6 Å². The second-order valence-corrected chi connectivity index (χ2v) is 6.35. The Morgan fingerprint density at radius 1 is 1.37 bits per heavy atom. The molecule has 1 aliphatic heterocycles. The highest BCUT2D eigenvalue weighted by Crippen LogP contribution is 2.17. The quantitative estimate of drug-likeness (QED) is 0.687. The van der Waals surface area contributed by atoms with Gasteiger partial charge in [0.05, 0.1) is 24.9 Å². The van der Waals surface area contributed by atoms with E-state index in [-0.39, 0.29) is 30.9 Å². The van der Waals surface area contributed by atoms with Crippen LogP contribution in [0.25, 0.3) is 5.69 Å². The van der Waals surface area contributed by atoms with Crippen molar-refractivity contribution in [3.63, 3.8) is 0 Å². The molecule has 0 spiro atoms. The Morgan fingerprint density at radius 2 is 2.22 bits per heavy atom. The zero-order valence-electron chi connectivity index (χ0n) is 15.3. The molecule has 3 rings (SSSR count). The highest BCUT2D eigenvalue weighted by Gasteiger charge is 2.29. The van der Waals surface area contributed by atoms with Gasteiger partial charge in [0.2, 0.25) is 5.91 Å². The monoisotopic (exact) mass is 374 g/mol. The van der Waals surface area contributed by atoms with E-state index in [4.69, 9.17) is 9.47 Å². The van der Waals surface area contributed by atoms with E-state index >= 15 is 0 Å². The third-order valence-electron chi connectivity index (χ3n) is 4.25. The average Bonchev–Trinajstić information content (AvgIpc) is 3.21. The molecule has 0 saturated carbocycles. The fourth-order valence-corrected chi connectivity index (χ4v) is 2.76. The number of benzene rings is 1. The first kappa shape index (κ1) is 18.8. The Balaban J connectivity index is 1.60. The molecule has 27 heavy (non-hydrogen) atoms. The van der Waals surface area contributed by atoms with Crippen molar-refractivity contribution in [2.45, 2.75) is 12.5 Å². The minimum absolute atomic E-state index is 0.0432. The first-order chi connectivity index (χ1) is 13.0. The van der Waals surface area contributed by atoms with Crippen LogP contribution in [0.2, 0.25) is 0 Å². The van der Waals surface area contributed by atoms with E-state index in [0.29, 0.717) is 25.5 Å². The maximum atomic E-state index is 12.6. The summed E-state index contributed by atoms with van der Waals surface area (Å²) in [6.07, 6.45) is 1.71. The molecular formula is C17H22N6O4. The molecule has 0 unspecified atom stereocenters. The molecule has 0 radical (unpaired) electrons. The van der Waals surface area contributed by atoms with Gasteiger partial charge < -0.3 is 19.3 Å². The Bertz CT molecular complexity index is 779. The van der Waals surface area contributed by atoms with Crippen molar-refractivity contribution in [1.29, 1.82) is 0 Å². The number of nitrogens with zero attached hydrogens (tertiary/aromatic N) is 6. The van der Waals surface area contributed by atoms with Crippen LogP contribution in [0.4, 0.5) is 0 Å². The Hall–Kier alpha value is -3.01. The largest absolute Gasteiger partial charge is 0.484 e. The molecule has 1 saturated heterocycles. The van der Waals surface area contributed by atoms with Crippen molar-refractivity contribution >= 4 is 11.8 Å². The Labute approximate surface area is 156 Å². The third-order valence-corrected chi connectivity index (χ3v) is 4.25. The van der Waals surface area contributed by atoms with Gasteiger partial charge in [-0.25, -0.2) is 4.68 Å². The zero-order chi connectivity index (χ0) is 19.2. The van der Waals surface area contributed by atoms with Crippen molar-refractivity contribution in [2.24, 2.45) is 0 Å². The van der Waals surface area contributed by atoms with E-state index in [1.807, 2.05) is 6.07 Å². The van der Waals surface area contributed by atoms with Crippen LogP contribution in [0.3, 0.4) is 0 Å². The van der Waals surface area contributed by atoms with E-state index in [2.05, 4.69) is 15.5 Å². The van der Waals surface area contributed by atoms with Gasteiger partial charge in [-0.2, -0.15) is 0 Å². The highest BCUT2D eigenvalue weighted by atomic mass is 16.5. The molecule has 2 amide bonds. The molecular weight excluding hydrogens is 352 g/mol. The van der Waals surface area contributed by atoms with Gasteiger partial charge in [-0.15, -0.1) is 5.10 Å². The van der Waals surface area contributed by atoms with Crippen LogP contribution in [0.1, 0.15) is 6.42 Å². The van der Waals surface area contributed by atoms with Gasteiger partial charge in [0.25, 0.3) is 5.91 Å². The number of ether oxygens (including phenoxy) is 2. The summed E-state index contributed by atoms with van der Waals surface area (Å²) in [6.45, 7) is 1.12. The normalized spacial score (nSPS) is 16.8. The summed E-state index contributed by atoms with van der Waals surface area (Å²) >= 11 is 0. The molecule has 144 valence electrons.